The molecule has 0 spiro atoms. The van der Waals surface area contributed by atoms with Gasteiger partial charge in [-0.05, 0) is 54.3 Å². The van der Waals surface area contributed by atoms with Gasteiger partial charge in [0.25, 0.3) is 0 Å². The molecule has 226 valence electrons. The third-order valence-corrected chi connectivity index (χ3v) is 6.71. The lowest BCUT2D eigenvalue weighted by molar-refractivity contribution is 0.00192. The lowest BCUT2D eigenvalue weighted by Crippen LogP contribution is -2.30. The summed E-state index contributed by atoms with van der Waals surface area (Å²) in [6.07, 6.45) is 4.87. The van der Waals surface area contributed by atoms with Crippen LogP contribution in [0.2, 0.25) is 0 Å². The topological polar surface area (TPSA) is 71.1 Å². The van der Waals surface area contributed by atoms with E-state index in [9.17, 15) is 13.9 Å². The number of nitrogens with two attached hydrogens (primary N) is 1. The molecule has 0 aliphatic carbocycles. The molecular weight excluding hydrogens is 527 g/mol. The molecule has 0 fully saturated rings. The maximum absolute atomic E-state index is 15.4. The van der Waals surface area contributed by atoms with Gasteiger partial charge < -0.3 is 15.6 Å². The van der Waals surface area contributed by atoms with Crippen LogP contribution < -0.4 is 10.5 Å². The highest BCUT2D eigenvalue weighted by Crippen LogP contribution is 2.38. The van der Waals surface area contributed by atoms with Gasteiger partial charge in [-0.15, -0.1) is 0 Å². The van der Waals surface area contributed by atoms with Crippen molar-refractivity contribution < 1.29 is 23.0 Å². The van der Waals surface area contributed by atoms with Crippen LogP contribution in [-0.2, 0) is 0 Å². The summed E-state index contributed by atoms with van der Waals surface area (Å²) in [6.45, 7) is 16.7. The average Bonchev–Trinajstić information content (AvgIpc) is 3.00. The summed E-state index contributed by atoms with van der Waals surface area (Å²) in [5, 5.41) is 16.6. The average molecular weight is 574 g/mol. The van der Waals surface area contributed by atoms with Gasteiger partial charge in [-0.1, -0.05) is 79.3 Å². The minimum atomic E-state index is -1.20. The number of nitrogens with zero attached hydrogens (tertiary/aromatic N) is 2. The SMILES string of the molecule is C=C1C=C(c2cccc(OCCC(C)(CF)C(O)c3ccc(F)cc3)c2F)C=CN1/N=C(/N)C(C)CC.CC.CC. The van der Waals surface area contributed by atoms with Crippen LogP contribution in [0.1, 0.15) is 78.5 Å². The highest BCUT2D eigenvalue weighted by Gasteiger charge is 2.34. The molecule has 8 heteroatoms. The number of allylic oxidation sites excluding steroid dienone is 3. The molecule has 3 atom stereocenters. The van der Waals surface area contributed by atoms with Crippen molar-refractivity contribution in [3.8, 4) is 5.75 Å². The maximum Gasteiger partial charge on any atom is 0.172 e. The van der Waals surface area contributed by atoms with Crippen molar-refractivity contribution in [2.75, 3.05) is 13.3 Å². The first-order valence-electron chi connectivity index (χ1n) is 14.2. The first-order chi connectivity index (χ1) is 19.6. The second kappa shape index (κ2) is 17.3. The van der Waals surface area contributed by atoms with Crippen molar-refractivity contribution in [2.24, 2.45) is 22.2 Å². The Bertz CT molecular complexity index is 1190. The van der Waals surface area contributed by atoms with E-state index in [4.69, 9.17) is 10.5 Å². The van der Waals surface area contributed by atoms with Crippen molar-refractivity contribution in [1.82, 2.24) is 5.01 Å². The Morgan fingerprint density at radius 3 is 2.32 bits per heavy atom. The molecule has 5 nitrogen and oxygen atoms in total. The van der Waals surface area contributed by atoms with Crippen molar-refractivity contribution in [2.45, 2.75) is 67.4 Å². The Morgan fingerprint density at radius 1 is 1.12 bits per heavy atom. The number of amidine groups is 1. The fraction of sp³-hybridized carbons (Fsp3) is 0.424. The molecule has 0 radical (unpaired) electrons. The number of ether oxygens (including phenoxy) is 1. The fourth-order valence-electron chi connectivity index (χ4n) is 3.80. The van der Waals surface area contributed by atoms with Crippen LogP contribution >= 0.6 is 0 Å². The number of hydrazone groups is 1. The molecule has 2 aromatic rings. The zero-order valence-corrected chi connectivity index (χ0v) is 25.4. The van der Waals surface area contributed by atoms with E-state index in [1.165, 1.54) is 30.3 Å². The smallest absolute Gasteiger partial charge is 0.172 e. The number of rotatable bonds is 11. The van der Waals surface area contributed by atoms with Gasteiger partial charge in [-0.2, -0.15) is 5.10 Å². The number of aliphatic hydroxyl groups excluding tert-OH is 1. The second-order valence-electron chi connectivity index (χ2n) is 9.54. The minimum absolute atomic E-state index is 0.0105. The van der Waals surface area contributed by atoms with Crippen LogP contribution in [0.3, 0.4) is 0 Å². The molecule has 0 amide bonds. The highest BCUT2D eigenvalue weighted by atomic mass is 19.1. The van der Waals surface area contributed by atoms with Crippen LogP contribution in [0.25, 0.3) is 5.57 Å². The number of halogens is 3. The summed E-state index contributed by atoms with van der Waals surface area (Å²) in [4.78, 5) is 0. The summed E-state index contributed by atoms with van der Waals surface area (Å²) < 4.78 is 48.2. The van der Waals surface area contributed by atoms with Gasteiger partial charge in [-0.3, -0.25) is 4.39 Å². The lowest BCUT2D eigenvalue weighted by atomic mass is 9.79. The Balaban J connectivity index is 0.00000201. The van der Waals surface area contributed by atoms with Crippen molar-refractivity contribution in [1.29, 1.82) is 0 Å². The van der Waals surface area contributed by atoms with E-state index in [1.807, 2.05) is 41.5 Å². The quantitative estimate of drug-likeness (QED) is 0.209. The van der Waals surface area contributed by atoms with Gasteiger partial charge in [0.1, 0.15) is 11.7 Å². The lowest BCUT2D eigenvalue weighted by Gasteiger charge is -2.32. The number of hydrogen-bond donors (Lipinski definition) is 2. The van der Waals surface area contributed by atoms with Crippen LogP contribution in [-0.4, -0.2) is 29.2 Å². The first kappa shape index (κ1) is 35.5. The van der Waals surface area contributed by atoms with E-state index in [-0.39, 0.29) is 24.7 Å². The van der Waals surface area contributed by atoms with Gasteiger partial charge in [0.05, 0.1) is 25.1 Å². The van der Waals surface area contributed by atoms with E-state index in [0.717, 1.165) is 6.42 Å². The van der Waals surface area contributed by atoms with Gasteiger partial charge in [0.15, 0.2) is 11.6 Å². The molecular formula is C33H46F3N3O2. The summed E-state index contributed by atoms with van der Waals surface area (Å²) in [6, 6.07) is 10.0. The first-order valence-corrected chi connectivity index (χ1v) is 14.2. The maximum atomic E-state index is 15.4. The van der Waals surface area contributed by atoms with Crippen LogP contribution in [0.5, 0.6) is 5.75 Å². The molecule has 1 aliphatic heterocycles. The van der Waals surface area contributed by atoms with Crippen LogP contribution in [0.4, 0.5) is 13.2 Å². The van der Waals surface area contributed by atoms with E-state index < -0.39 is 29.8 Å². The van der Waals surface area contributed by atoms with Gasteiger partial charge >= 0.3 is 0 Å². The molecule has 3 unspecified atom stereocenters. The Hall–Kier alpha value is -3.52. The van der Waals surface area contributed by atoms with E-state index >= 15 is 4.39 Å². The third kappa shape index (κ3) is 9.52. The van der Waals surface area contributed by atoms with E-state index in [2.05, 4.69) is 11.7 Å². The van der Waals surface area contributed by atoms with Crippen molar-refractivity contribution in [3.05, 3.63) is 95.9 Å². The molecule has 3 rings (SSSR count). The number of hydrogen-bond acceptors (Lipinski definition) is 4. The molecule has 0 saturated heterocycles. The molecule has 1 aliphatic rings. The second-order valence-corrected chi connectivity index (χ2v) is 9.54. The van der Waals surface area contributed by atoms with Crippen LogP contribution in [0, 0.1) is 23.0 Å². The van der Waals surface area contributed by atoms with Crippen molar-refractivity contribution >= 4 is 11.4 Å². The monoisotopic (exact) mass is 573 g/mol. The Morgan fingerprint density at radius 2 is 1.76 bits per heavy atom. The van der Waals surface area contributed by atoms with Gasteiger partial charge in [0, 0.05) is 23.1 Å². The molecule has 0 saturated carbocycles. The number of aliphatic hydroxyl groups is 1. The fourth-order valence-corrected chi connectivity index (χ4v) is 3.80. The normalized spacial score (nSPS) is 15.9. The molecule has 1 heterocycles. The zero-order valence-electron chi connectivity index (χ0n) is 25.4. The third-order valence-electron chi connectivity index (χ3n) is 6.71. The summed E-state index contributed by atoms with van der Waals surface area (Å²) in [5.74, 6) is -0.399. The molecule has 3 N–H and O–H groups in total. The van der Waals surface area contributed by atoms with Crippen LogP contribution in [0.15, 0.2) is 78.2 Å². The van der Waals surface area contributed by atoms with E-state index in [1.54, 1.807) is 42.4 Å². The summed E-state index contributed by atoms with van der Waals surface area (Å²) in [7, 11) is 0. The Labute approximate surface area is 243 Å². The summed E-state index contributed by atoms with van der Waals surface area (Å²) >= 11 is 0. The molecule has 41 heavy (non-hydrogen) atoms. The highest BCUT2D eigenvalue weighted by molar-refractivity contribution is 5.83. The number of alkyl halides is 1. The Kier molecular flexibility index (Phi) is 15.0. The predicted molar refractivity (Wildman–Crippen MR) is 164 cm³/mol. The molecule has 0 bridgehead atoms. The predicted octanol–water partition coefficient (Wildman–Crippen LogP) is 8.54. The molecule has 2 aromatic carbocycles. The summed E-state index contributed by atoms with van der Waals surface area (Å²) in [5.41, 5.74) is 6.67. The van der Waals surface area contributed by atoms with Gasteiger partial charge in [-0.25, -0.2) is 13.8 Å². The largest absolute Gasteiger partial charge is 0.490 e. The number of benzene rings is 2. The zero-order chi connectivity index (χ0) is 31.2. The minimum Gasteiger partial charge on any atom is -0.490 e. The molecule has 0 aromatic heterocycles. The van der Waals surface area contributed by atoms with E-state index in [0.29, 0.717) is 28.2 Å². The standard InChI is InChI=1S/C29H34F3N3O2.2C2H6/c1-5-19(2)28(33)34-35-15-13-22(17-20(35)3)24-7-6-8-25(26(24)32)37-16-14-29(4,18-30)27(36)21-9-11-23(31)12-10-21;2*1-2/h6-13,15,17,19,27,36H,3,5,14,16,18H2,1-2,4H3,(H2,33,34);2*1-2H3. The van der Waals surface area contributed by atoms with Crippen molar-refractivity contribution in [3.63, 3.8) is 0 Å². The van der Waals surface area contributed by atoms with Gasteiger partial charge in [0.2, 0.25) is 0 Å².